The summed E-state index contributed by atoms with van der Waals surface area (Å²) < 4.78 is 0. The second-order valence-electron chi connectivity index (χ2n) is 5.32. The number of nitrogens with one attached hydrogen (secondary N) is 2. The second-order valence-corrected chi connectivity index (χ2v) is 5.32. The Balaban J connectivity index is 1.69. The number of nitrogens with zero attached hydrogens (tertiary/aromatic N) is 2. The van der Waals surface area contributed by atoms with Gasteiger partial charge in [-0.3, -0.25) is 9.59 Å². The third-order valence-corrected chi connectivity index (χ3v) is 3.76. The van der Waals surface area contributed by atoms with Crippen LogP contribution >= 0.6 is 0 Å². The van der Waals surface area contributed by atoms with Crippen LogP contribution in [-0.2, 0) is 16.0 Å². The number of amides is 2. The molecule has 1 fully saturated rings. The van der Waals surface area contributed by atoms with Gasteiger partial charge in [0, 0.05) is 50.8 Å². The normalized spacial score (nSPS) is 16.2. The lowest BCUT2D eigenvalue weighted by atomic mass is 9.96. The van der Waals surface area contributed by atoms with Gasteiger partial charge in [0.25, 0.3) is 0 Å². The van der Waals surface area contributed by atoms with Crippen molar-refractivity contribution in [2.45, 2.75) is 33.1 Å². The van der Waals surface area contributed by atoms with Crippen molar-refractivity contribution < 1.29 is 9.59 Å². The van der Waals surface area contributed by atoms with E-state index in [9.17, 15) is 9.59 Å². The van der Waals surface area contributed by atoms with Crippen LogP contribution in [0.5, 0.6) is 0 Å². The molecule has 2 rings (SSSR count). The van der Waals surface area contributed by atoms with Crippen LogP contribution in [0, 0.1) is 12.8 Å². The van der Waals surface area contributed by atoms with Crippen LogP contribution in [0.25, 0.3) is 0 Å². The van der Waals surface area contributed by atoms with Crippen molar-refractivity contribution >= 4 is 11.8 Å². The highest BCUT2D eigenvalue weighted by molar-refractivity contribution is 5.79. The maximum absolute atomic E-state index is 12.0. The van der Waals surface area contributed by atoms with Crippen molar-refractivity contribution in [3.05, 3.63) is 17.7 Å². The molecule has 2 amide bonds. The Morgan fingerprint density at radius 1 is 1.45 bits per heavy atom. The molecule has 1 aromatic rings. The van der Waals surface area contributed by atoms with Crippen molar-refractivity contribution in [2.75, 3.05) is 19.6 Å². The molecule has 1 aromatic heterocycles. The minimum atomic E-state index is 0.0362. The highest BCUT2D eigenvalue weighted by Gasteiger charge is 2.25. The van der Waals surface area contributed by atoms with E-state index in [1.807, 2.05) is 6.92 Å². The highest BCUT2D eigenvalue weighted by atomic mass is 16.2. The van der Waals surface area contributed by atoms with Gasteiger partial charge in [0.2, 0.25) is 11.8 Å². The van der Waals surface area contributed by atoms with Crippen LogP contribution in [0.3, 0.4) is 0 Å². The van der Waals surface area contributed by atoms with E-state index in [1.165, 1.54) is 0 Å². The molecule has 0 atom stereocenters. The van der Waals surface area contributed by atoms with E-state index in [1.54, 1.807) is 18.0 Å². The van der Waals surface area contributed by atoms with E-state index in [0.717, 1.165) is 30.8 Å². The number of hydrogen-bond acceptors (Lipinski definition) is 3. The quantitative estimate of drug-likeness (QED) is 0.848. The number of likely N-dealkylation sites (tertiary alicyclic amines) is 1. The zero-order valence-corrected chi connectivity index (χ0v) is 12.1. The molecule has 0 radical (unpaired) electrons. The second kappa shape index (κ2) is 6.54. The molecule has 1 aliphatic rings. The van der Waals surface area contributed by atoms with Gasteiger partial charge in [-0.2, -0.15) is 0 Å². The van der Waals surface area contributed by atoms with Crippen LogP contribution in [-0.4, -0.2) is 46.3 Å². The molecule has 0 spiro atoms. The first kappa shape index (κ1) is 14.6. The third-order valence-electron chi connectivity index (χ3n) is 3.76. The van der Waals surface area contributed by atoms with Gasteiger partial charge in [0.15, 0.2) is 0 Å². The van der Waals surface area contributed by atoms with Crippen molar-refractivity contribution in [1.29, 1.82) is 0 Å². The van der Waals surface area contributed by atoms with E-state index in [4.69, 9.17) is 0 Å². The largest absolute Gasteiger partial charge is 0.355 e. The molecular weight excluding hydrogens is 256 g/mol. The number of rotatable bonds is 4. The molecule has 0 aromatic carbocycles. The van der Waals surface area contributed by atoms with Crippen molar-refractivity contribution in [3.8, 4) is 0 Å². The molecule has 6 heteroatoms. The van der Waals surface area contributed by atoms with Crippen LogP contribution < -0.4 is 5.32 Å². The summed E-state index contributed by atoms with van der Waals surface area (Å²) in [6.45, 7) is 5.48. The number of aromatic nitrogens is 2. The fraction of sp³-hybridized carbons (Fsp3) is 0.643. The summed E-state index contributed by atoms with van der Waals surface area (Å²) in [6.07, 6.45) is 4.08. The predicted octanol–water partition coefficient (Wildman–Crippen LogP) is 0.635. The maximum Gasteiger partial charge on any atom is 0.223 e. The van der Waals surface area contributed by atoms with Gasteiger partial charge in [-0.25, -0.2) is 4.98 Å². The number of carbonyl (C=O) groups excluding carboxylic acids is 2. The summed E-state index contributed by atoms with van der Waals surface area (Å²) in [5, 5.41) is 2.96. The fourth-order valence-corrected chi connectivity index (χ4v) is 2.52. The van der Waals surface area contributed by atoms with Gasteiger partial charge in [0.1, 0.15) is 5.82 Å². The molecule has 1 aliphatic heterocycles. The minimum absolute atomic E-state index is 0.0362. The summed E-state index contributed by atoms with van der Waals surface area (Å²) >= 11 is 0. The lowest BCUT2D eigenvalue weighted by Gasteiger charge is -2.30. The Bertz CT molecular complexity index is 475. The first-order valence-electron chi connectivity index (χ1n) is 7.10. The van der Waals surface area contributed by atoms with E-state index in [0.29, 0.717) is 19.6 Å². The van der Waals surface area contributed by atoms with Crippen LogP contribution in [0.15, 0.2) is 6.20 Å². The summed E-state index contributed by atoms with van der Waals surface area (Å²) in [5.74, 6) is 1.12. The average Bonchev–Trinajstić information content (AvgIpc) is 2.84. The predicted molar refractivity (Wildman–Crippen MR) is 75.0 cm³/mol. The highest BCUT2D eigenvalue weighted by Crippen LogP contribution is 2.17. The van der Waals surface area contributed by atoms with Crippen molar-refractivity contribution in [1.82, 2.24) is 20.2 Å². The van der Waals surface area contributed by atoms with Gasteiger partial charge in [-0.05, 0) is 19.8 Å². The van der Waals surface area contributed by atoms with E-state index < -0.39 is 0 Å². The molecule has 2 N–H and O–H groups in total. The third kappa shape index (κ3) is 3.82. The Hall–Kier alpha value is -1.85. The summed E-state index contributed by atoms with van der Waals surface area (Å²) in [4.78, 5) is 32.3. The fourth-order valence-electron chi connectivity index (χ4n) is 2.52. The standard InChI is InChI=1S/C14H22N4O2/c1-10-16-9-13(17-10)3-6-15-14(20)12-4-7-18(8-5-12)11(2)19/h9,12H,3-8H2,1-2H3,(H,15,20)(H,16,17). The first-order valence-corrected chi connectivity index (χ1v) is 7.10. The van der Waals surface area contributed by atoms with Crippen molar-refractivity contribution in [2.24, 2.45) is 5.92 Å². The molecule has 0 saturated carbocycles. The number of hydrogen-bond donors (Lipinski definition) is 2. The Morgan fingerprint density at radius 2 is 2.15 bits per heavy atom. The number of imidazole rings is 1. The van der Waals surface area contributed by atoms with Crippen LogP contribution in [0.4, 0.5) is 0 Å². The van der Waals surface area contributed by atoms with E-state index in [-0.39, 0.29) is 17.7 Å². The SMILES string of the molecule is CC(=O)N1CCC(C(=O)NCCc2cnc(C)[nH]2)CC1. The Morgan fingerprint density at radius 3 is 2.70 bits per heavy atom. The van der Waals surface area contributed by atoms with Gasteiger partial charge < -0.3 is 15.2 Å². The number of H-pyrrole nitrogens is 1. The Kier molecular flexibility index (Phi) is 4.76. The van der Waals surface area contributed by atoms with Crippen molar-refractivity contribution in [3.63, 3.8) is 0 Å². The first-order chi connectivity index (χ1) is 9.56. The molecule has 6 nitrogen and oxygen atoms in total. The lowest BCUT2D eigenvalue weighted by molar-refractivity contribution is -0.133. The zero-order valence-electron chi connectivity index (χ0n) is 12.1. The zero-order chi connectivity index (χ0) is 14.5. The smallest absolute Gasteiger partial charge is 0.223 e. The molecule has 1 saturated heterocycles. The topological polar surface area (TPSA) is 78.1 Å². The van der Waals surface area contributed by atoms with Gasteiger partial charge in [0.05, 0.1) is 0 Å². The van der Waals surface area contributed by atoms with Gasteiger partial charge >= 0.3 is 0 Å². The summed E-state index contributed by atoms with van der Waals surface area (Å²) in [5.41, 5.74) is 1.04. The number of aromatic amines is 1. The number of aryl methyl sites for hydroxylation is 1. The van der Waals surface area contributed by atoms with Gasteiger partial charge in [-0.15, -0.1) is 0 Å². The monoisotopic (exact) mass is 278 g/mol. The number of piperidine rings is 1. The molecule has 20 heavy (non-hydrogen) atoms. The summed E-state index contributed by atoms with van der Waals surface area (Å²) in [6, 6.07) is 0. The maximum atomic E-state index is 12.0. The summed E-state index contributed by atoms with van der Waals surface area (Å²) in [7, 11) is 0. The van der Waals surface area contributed by atoms with Crippen LogP contribution in [0.1, 0.15) is 31.3 Å². The number of carbonyl (C=O) groups is 2. The van der Waals surface area contributed by atoms with E-state index in [2.05, 4.69) is 15.3 Å². The molecule has 0 bridgehead atoms. The molecule has 2 heterocycles. The molecule has 0 unspecified atom stereocenters. The lowest BCUT2D eigenvalue weighted by Crippen LogP contribution is -2.42. The molecule has 0 aliphatic carbocycles. The van der Waals surface area contributed by atoms with Crippen LogP contribution in [0.2, 0.25) is 0 Å². The average molecular weight is 278 g/mol. The van der Waals surface area contributed by atoms with E-state index >= 15 is 0 Å². The Labute approximate surface area is 119 Å². The molecular formula is C14H22N4O2. The minimum Gasteiger partial charge on any atom is -0.355 e. The molecule has 110 valence electrons. The van der Waals surface area contributed by atoms with Gasteiger partial charge in [-0.1, -0.05) is 0 Å².